The average molecular weight is 414 g/mol. The van der Waals surface area contributed by atoms with E-state index in [9.17, 15) is 4.79 Å². The van der Waals surface area contributed by atoms with E-state index in [0.29, 0.717) is 10.8 Å². The summed E-state index contributed by atoms with van der Waals surface area (Å²) in [6.45, 7) is 5.32. The van der Waals surface area contributed by atoms with Gasteiger partial charge in [-0.2, -0.15) is 5.10 Å². The van der Waals surface area contributed by atoms with Gasteiger partial charge < -0.3 is 9.47 Å². The van der Waals surface area contributed by atoms with Crippen LogP contribution in [0.15, 0.2) is 42.7 Å². The van der Waals surface area contributed by atoms with Crippen LogP contribution in [-0.2, 0) is 14.9 Å². The van der Waals surface area contributed by atoms with Gasteiger partial charge in [0.25, 0.3) is 0 Å². The molecule has 0 spiro atoms. The predicted octanol–water partition coefficient (Wildman–Crippen LogP) is 4.57. The topological polar surface area (TPSA) is 65.7 Å². The monoisotopic (exact) mass is 413 g/mol. The molecule has 1 fully saturated rings. The maximum atomic E-state index is 12.1. The molecule has 152 valence electrons. The van der Waals surface area contributed by atoms with E-state index in [1.165, 1.54) is 0 Å². The molecule has 0 saturated heterocycles. The van der Waals surface area contributed by atoms with Crippen molar-refractivity contribution in [2.75, 3.05) is 6.61 Å². The number of rotatable bonds is 5. The van der Waals surface area contributed by atoms with Crippen molar-refractivity contribution in [1.29, 1.82) is 0 Å². The van der Waals surface area contributed by atoms with E-state index < -0.39 is 11.6 Å². The van der Waals surface area contributed by atoms with Gasteiger partial charge in [-0.25, -0.2) is 14.3 Å². The molecule has 0 aliphatic heterocycles. The van der Waals surface area contributed by atoms with Crippen LogP contribution < -0.4 is 4.74 Å². The fourth-order valence-electron chi connectivity index (χ4n) is 3.78. The van der Waals surface area contributed by atoms with Gasteiger partial charge in [0.1, 0.15) is 11.4 Å². The standard InChI is InChI=1S/C22H24ClN3O3/c1-21(2,3)29-20(27)14-28-17-12-15(23)6-7-16(17)22(8-4-9-22)18-13-19-24-10-5-11-26(19)25-18/h5-7,10-13H,4,8-9,14H2,1-3H3. The first-order chi connectivity index (χ1) is 13.8. The Morgan fingerprint density at radius 1 is 1.28 bits per heavy atom. The van der Waals surface area contributed by atoms with E-state index in [4.69, 9.17) is 26.2 Å². The van der Waals surface area contributed by atoms with Crippen molar-refractivity contribution in [1.82, 2.24) is 14.6 Å². The highest BCUT2D eigenvalue weighted by Crippen LogP contribution is 2.51. The quantitative estimate of drug-likeness (QED) is 0.573. The molecule has 2 aromatic heterocycles. The van der Waals surface area contributed by atoms with Crippen LogP contribution in [0.3, 0.4) is 0 Å². The molecule has 6 nitrogen and oxygen atoms in total. The van der Waals surface area contributed by atoms with Gasteiger partial charge in [0.2, 0.25) is 0 Å². The second-order valence-electron chi connectivity index (χ2n) is 8.40. The molecule has 1 aliphatic carbocycles. The van der Waals surface area contributed by atoms with Gasteiger partial charge in [0, 0.05) is 34.5 Å². The van der Waals surface area contributed by atoms with E-state index in [1.54, 1.807) is 16.8 Å². The lowest BCUT2D eigenvalue weighted by Crippen LogP contribution is -2.36. The summed E-state index contributed by atoms with van der Waals surface area (Å²) >= 11 is 6.23. The van der Waals surface area contributed by atoms with Crippen molar-refractivity contribution < 1.29 is 14.3 Å². The van der Waals surface area contributed by atoms with Gasteiger partial charge in [0.15, 0.2) is 12.3 Å². The van der Waals surface area contributed by atoms with Crippen molar-refractivity contribution in [3.8, 4) is 5.75 Å². The zero-order valence-electron chi connectivity index (χ0n) is 16.8. The lowest BCUT2D eigenvalue weighted by molar-refractivity contribution is -0.157. The van der Waals surface area contributed by atoms with Gasteiger partial charge in [-0.05, 0) is 51.8 Å². The lowest BCUT2D eigenvalue weighted by atomic mass is 9.62. The first kappa shape index (κ1) is 19.7. The van der Waals surface area contributed by atoms with Crippen LogP contribution in [0.5, 0.6) is 5.75 Å². The average Bonchev–Trinajstić information content (AvgIpc) is 3.03. The third-order valence-corrected chi connectivity index (χ3v) is 5.39. The summed E-state index contributed by atoms with van der Waals surface area (Å²) in [7, 11) is 0. The summed E-state index contributed by atoms with van der Waals surface area (Å²) < 4.78 is 13.0. The Bertz CT molecular complexity index is 1020. The summed E-state index contributed by atoms with van der Waals surface area (Å²) in [5.41, 5.74) is 1.91. The molecule has 1 aromatic carbocycles. The van der Waals surface area contributed by atoms with E-state index >= 15 is 0 Å². The van der Waals surface area contributed by atoms with Crippen LogP contribution in [0.2, 0.25) is 5.02 Å². The minimum absolute atomic E-state index is 0.173. The molecule has 0 amide bonds. The molecule has 1 saturated carbocycles. The largest absolute Gasteiger partial charge is 0.482 e. The predicted molar refractivity (Wildman–Crippen MR) is 110 cm³/mol. The van der Waals surface area contributed by atoms with Crippen molar-refractivity contribution in [2.45, 2.75) is 51.0 Å². The molecule has 0 bridgehead atoms. The molecule has 7 heteroatoms. The molecule has 4 rings (SSSR count). The molecule has 0 N–H and O–H groups in total. The Morgan fingerprint density at radius 3 is 2.72 bits per heavy atom. The first-order valence-corrected chi connectivity index (χ1v) is 10.1. The number of ether oxygens (including phenoxy) is 2. The zero-order valence-corrected chi connectivity index (χ0v) is 17.6. The third kappa shape index (κ3) is 3.94. The van der Waals surface area contributed by atoms with Crippen LogP contribution in [0.4, 0.5) is 0 Å². The molecular weight excluding hydrogens is 390 g/mol. The fraction of sp³-hybridized carbons (Fsp3) is 0.409. The third-order valence-electron chi connectivity index (χ3n) is 5.16. The van der Waals surface area contributed by atoms with E-state index in [2.05, 4.69) is 4.98 Å². The highest BCUT2D eigenvalue weighted by Gasteiger charge is 2.44. The van der Waals surface area contributed by atoms with Crippen LogP contribution in [0.25, 0.3) is 5.65 Å². The number of halogens is 1. The van der Waals surface area contributed by atoms with Gasteiger partial charge in [-0.15, -0.1) is 0 Å². The number of fused-ring (bicyclic) bond motifs is 1. The number of hydrogen-bond donors (Lipinski definition) is 0. The second-order valence-corrected chi connectivity index (χ2v) is 8.84. The number of esters is 1. The molecule has 0 atom stereocenters. The molecule has 3 aromatic rings. The summed E-state index contributed by atoms with van der Waals surface area (Å²) in [6.07, 6.45) is 6.63. The SMILES string of the molecule is CC(C)(C)OC(=O)COc1cc(Cl)ccc1C1(c2cc3ncccn3n2)CCC1. The second kappa shape index (κ2) is 7.34. The maximum absolute atomic E-state index is 12.1. The first-order valence-electron chi connectivity index (χ1n) is 9.72. The number of aromatic nitrogens is 3. The Kier molecular flexibility index (Phi) is 4.99. The van der Waals surface area contributed by atoms with Gasteiger partial charge >= 0.3 is 5.97 Å². The molecule has 29 heavy (non-hydrogen) atoms. The molecule has 0 unspecified atom stereocenters. The Labute approximate surface area is 174 Å². The van der Waals surface area contributed by atoms with Gasteiger partial charge in [-0.3, -0.25) is 0 Å². The van der Waals surface area contributed by atoms with E-state index in [-0.39, 0.29) is 12.0 Å². The van der Waals surface area contributed by atoms with Crippen LogP contribution in [-0.4, -0.2) is 32.8 Å². The lowest BCUT2D eigenvalue weighted by Gasteiger charge is -2.41. The minimum Gasteiger partial charge on any atom is -0.482 e. The van der Waals surface area contributed by atoms with Crippen LogP contribution in [0.1, 0.15) is 51.3 Å². The van der Waals surface area contributed by atoms with Crippen molar-refractivity contribution in [3.05, 3.63) is 59.0 Å². The highest BCUT2D eigenvalue weighted by atomic mass is 35.5. The fourth-order valence-corrected chi connectivity index (χ4v) is 3.94. The van der Waals surface area contributed by atoms with Crippen LogP contribution >= 0.6 is 11.6 Å². The summed E-state index contributed by atoms with van der Waals surface area (Å²) in [5, 5.41) is 5.32. The number of nitrogens with zero attached hydrogens (tertiary/aromatic N) is 3. The number of carbonyl (C=O) groups is 1. The minimum atomic E-state index is -0.559. The van der Waals surface area contributed by atoms with Crippen molar-refractivity contribution in [2.24, 2.45) is 0 Å². The van der Waals surface area contributed by atoms with E-state index in [1.807, 2.05) is 51.2 Å². The summed E-state index contributed by atoms with van der Waals surface area (Å²) in [5.74, 6) is 0.177. The Balaban J connectivity index is 1.67. The molecule has 2 heterocycles. The molecular formula is C22H24ClN3O3. The Hall–Kier alpha value is -2.60. The smallest absolute Gasteiger partial charge is 0.344 e. The Morgan fingerprint density at radius 2 is 2.07 bits per heavy atom. The van der Waals surface area contributed by atoms with Gasteiger partial charge in [0.05, 0.1) is 5.69 Å². The van der Waals surface area contributed by atoms with Gasteiger partial charge in [-0.1, -0.05) is 24.1 Å². The van der Waals surface area contributed by atoms with Crippen molar-refractivity contribution >= 4 is 23.2 Å². The number of benzene rings is 1. The maximum Gasteiger partial charge on any atom is 0.344 e. The number of hydrogen-bond acceptors (Lipinski definition) is 5. The van der Waals surface area contributed by atoms with E-state index in [0.717, 1.165) is 36.2 Å². The van der Waals surface area contributed by atoms with Crippen molar-refractivity contribution in [3.63, 3.8) is 0 Å². The molecule has 0 radical (unpaired) electrons. The molecule has 1 aliphatic rings. The van der Waals surface area contributed by atoms with Crippen LogP contribution in [0, 0.1) is 0 Å². The summed E-state index contributed by atoms with van der Waals surface area (Å²) in [6, 6.07) is 9.46. The highest BCUT2D eigenvalue weighted by molar-refractivity contribution is 6.30. The number of carbonyl (C=O) groups excluding carboxylic acids is 1. The normalized spacial score (nSPS) is 15.7. The summed E-state index contributed by atoms with van der Waals surface area (Å²) in [4.78, 5) is 16.5. The zero-order chi connectivity index (χ0) is 20.6.